The predicted octanol–water partition coefficient (Wildman–Crippen LogP) is 6.61. The van der Waals surface area contributed by atoms with Gasteiger partial charge in [-0.25, -0.2) is 0 Å². The number of aryl methyl sites for hydroxylation is 2. The van der Waals surface area contributed by atoms with Crippen LogP contribution in [-0.2, 0) is 16.1 Å². The second-order valence-corrected chi connectivity index (χ2v) is 10.1. The molecule has 1 N–H and O–H groups in total. The molecule has 0 atom stereocenters. The molecule has 7 nitrogen and oxygen atoms in total. The zero-order valence-corrected chi connectivity index (χ0v) is 22.8. The van der Waals surface area contributed by atoms with Crippen molar-refractivity contribution >= 4 is 52.2 Å². The van der Waals surface area contributed by atoms with Crippen molar-refractivity contribution in [1.29, 1.82) is 0 Å². The molecular weight excluding hydrogens is 524 g/mol. The Balaban J connectivity index is 1.43. The Bertz CT molecular complexity index is 1400. The fourth-order valence-corrected chi connectivity index (χ4v) is 4.69. The molecule has 9 heteroatoms. The quantitative estimate of drug-likeness (QED) is 0.302. The van der Waals surface area contributed by atoms with Crippen LogP contribution in [0, 0.1) is 13.8 Å². The van der Waals surface area contributed by atoms with Crippen LogP contribution in [0.3, 0.4) is 0 Å². The largest absolute Gasteiger partial charge is 0.490 e. The van der Waals surface area contributed by atoms with Crippen LogP contribution in [0.15, 0.2) is 65.6 Å². The van der Waals surface area contributed by atoms with E-state index in [0.29, 0.717) is 39.3 Å². The molecule has 196 valence electrons. The van der Waals surface area contributed by atoms with Crippen LogP contribution in [0.25, 0.3) is 6.08 Å². The number of anilines is 1. The minimum atomic E-state index is -0.365. The van der Waals surface area contributed by atoms with Gasteiger partial charge in [0.25, 0.3) is 17.1 Å². The van der Waals surface area contributed by atoms with Gasteiger partial charge in [-0.1, -0.05) is 35.9 Å². The lowest BCUT2D eigenvalue weighted by molar-refractivity contribution is -0.123. The zero-order chi connectivity index (χ0) is 27.2. The molecule has 4 rings (SSSR count). The first-order valence-corrected chi connectivity index (χ1v) is 13.2. The summed E-state index contributed by atoms with van der Waals surface area (Å²) in [6, 6.07) is 17.8. The Kier molecular flexibility index (Phi) is 8.76. The van der Waals surface area contributed by atoms with Crippen molar-refractivity contribution in [2.75, 3.05) is 18.5 Å². The summed E-state index contributed by atoms with van der Waals surface area (Å²) >= 11 is 6.81. The molecule has 0 unspecified atom stereocenters. The average molecular weight is 551 g/mol. The van der Waals surface area contributed by atoms with Crippen molar-refractivity contribution in [3.05, 3.63) is 92.8 Å². The molecule has 3 aromatic carbocycles. The summed E-state index contributed by atoms with van der Waals surface area (Å²) in [6.45, 7) is 6.18. The Morgan fingerprint density at radius 1 is 0.974 bits per heavy atom. The number of carbonyl (C=O) groups excluding carboxylic acids is 3. The van der Waals surface area contributed by atoms with Gasteiger partial charge in [-0.15, -0.1) is 0 Å². The highest BCUT2D eigenvalue weighted by Crippen LogP contribution is 2.35. The van der Waals surface area contributed by atoms with Gasteiger partial charge >= 0.3 is 0 Å². The molecule has 0 bridgehead atoms. The van der Waals surface area contributed by atoms with E-state index in [9.17, 15) is 14.4 Å². The van der Waals surface area contributed by atoms with Crippen LogP contribution < -0.4 is 14.8 Å². The van der Waals surface area contributed by atoms with Crippen LogP contribution in [0.1, 0.15) is 29.2 Å². The molecule has 3 aromatic rings. The van der Waals surface area contributed by atoms with E-state index in [0.717, 1.165) is 28.5 Å². The highest BCUT2D eigenvalue weighted by Gasteiger charge is 2.35. The number of nitrogens with zero attached hydrogens (tertiary/aromatic N) is 1. The molecule has 3 amide bonds. The molecule has 1 saturated heterocycles. The Morgan fingerprint density at radius 3 is 2.45 bits per heavy atom. The third-order valence-electron chi connectivity index (χ3n) is 5.84. The van der Waals surface area contributed by atoms with E-state index in [1.807, 2.05) is 39.0 Å². The summed E-state index contributed by atoms with van der Waals surface area (Å²) in [5.41, 5.74) is 4.40. The predicted molar refractivity (Wildman–Crippen MR) is 151 cm³/mol. The summed E-state index contributed by atoms with van der Waals surface area (Å²) in [6.07, 6.45) is 1.64. The minimum Gasteiger partial charge on any atom is -0.490 e. The van der Waals surface area contributed by atoms with Crippen molar-refractivity contribution in [2.24, 2.45) is 0 Å². The van der Waals surface area contributed by atoms with E-state index >= 15 is 0 Å². The van der Waals surface area contributed by atoms with Gasteiger partial charge in [-0.05, 0) is 97.3 Å². The van der Waals surface area contributed by atoms with Crippen molar-refractivity contribution in [3.63, 3.8) is 0 Å². The SMILES string of the molecule is CCOc1cc(/C=C2\SC(=O)N(Cc3ccc(Cl)cc3)C2=O)ccc1OCC(=O)Nc1ccc(C)c(C)c1. The van der Waals surface area contributed by atoms with E-state index in [1.54, 1.807) is 48.5 Å². The summed E-state index contributed by atoms with van der Waals surface area (Å²) < 4.78 is 11.4. The molecule has 38 heavy (non-hydrogen) atoms. The molecule has 1 heterocycles. The Hall–Kier alpha value is -3.75. The van der Waals surface area contributed by atoms with E-state index in [4.69, 9.17) is 21.1 Å². The molecule has 0 radical (unpaired) electrons. The van der Waals surface area contributed by atoms with E-state index in [2.05, 4.69) is 5.32 Å². The number of imide groups is 1. The van der Waals surface area contributed by atoms with E-state index in [1.165, 1.54) is 4.90 Å². The molecular formula is C29H27ClN2O5S. The third-order valence-corrected chi connectivity index (χ3v) is 7.00. The first-order valence-electron chi connectivity index (χ1n) is 12.0. The molecule has 1 aliphatic rings. The number of benzene rings is 3. The average Bonchev–Trinajstić information content (AvgIpc) is 3.14. The van der Waals surface area contributed by atoms with Gasteiger partial charge in [0.2, 0.25) is 0 Å². The number of halogens is 1. The van der Waals surface area contributed by atoms with Gasteiger partial charge in [0.1, 0.15) is 0 Å². The summed E-state index contributed by atoms with van der Waals surface area (Å²) in [7, 11) is 0. The van der Waals surface area contributed by atoms with Crippen LogP contribution in [0.5, 0.6) is 11.5 Å². The maximum Gasteiger partial charge on any atom is 0.293 e. The minimum absolute atomic E-state index is 0.167. The lowest BCUT2D eigenvalue weighted by atomic mass is 10.1. The van der Waals surface area contributed by atoms with E-state index in [-0.39, 0.29) is 30.2 Å². The fraction of sp³-hybridized carbons (Fsp3) is 0.207. The van der Waals surface area contributed by atoms with Crippen molar-refractivity contribution in [3.8, 4) is 11.5 Å². The Morgan fingerprint density at radius 2 is 1.74 bits per heavy atom. The van der Waals surface area contributed by atoms with Gasteiger partial charge < -0.3 is 14.8 Å². The standard InChI is InChI=1S/C29H27ClN2O5S/c1-4-36-25-14-21(8-12-24(25)37-17-27(33)31-23-11-5-18(2)19(3)13-23)15-26-28(34)32(29(35)38-26)16-20-6-9-22(30)10-7-20/h5-15H,4,16-17H2,1-3H3,(H,31,33)/b26-15-. The van der Waals surface area contributed by atoms with Crippen molar-refractivity contribution in [1.82, 2.24) is 4.90 Å². The van der Waals surface area contributed by atoms with Crippen LogP contribution in [0.2, 0.25) is 5.02 Å². The van der Waals surface area contributed by atoms with Gasteiger partial charge in [0, 0.05) is 10.7 Å². The topological polar surface area (TPSA) is 84.9 Å². The third kappa shape index (κ3) is 6.76. The Labute approximate surface area is 230 Å². The smallest absolute Gasteiger partial charge is 0.293 e. The summed E-state index contributed by atoms with van der Waals surface area (Å²) in [5, 5.41) is 3.08. The van der Waals surface area contributed by atoms with Crippen LogP contribution in [0.4, 0.5) is 10.5 Å². The highest BCUT2D eigenvalue weighted by atomic mass is 35.5. The van der Waals surface area contributed by atoms with Gasteiger partial charge in [-0.3, -0.25) is 19.3 Å². The number of ether oxygens (including phenoxy) is 2. The number of nitrogens with one attached hydrogen (secondary N) is 1. The zero-order valence-electron chi connectivity index (χ0n) is 21.2. The lowest BCUT2D eigenvalue weighted by Gasteiger charge is -2.13. The number of hydrogen-bond donors (Lipinski definition) is 1. The monoisotopic (exact) mass is 550 g/mol. The van der Waals surface area contributed by atoms with E-state index < -0.39 is 0 Å². The normalized spacial score (nSPS) is 14.2. The first-order chi connectivity index (χ1) is 18.2. The number of carbonyl (C=O) groups is 3. The number of thioether (sulfide) groups is 1. The molecule has 0 aliphatic carbocycles. The summed E-state index contributed by atoms with van der Waals surface area (Å²) in [4.78, 5) is 39.4. The van der Waals surface area contributed by atoms with Gasteiger partial charge in [0.05, 0.1) is 18.1 Å². The lowest BCUT2D eigenvalue weighted by Crippen LogP contribution is -2.27. The fourth-order valence-electron chi connectivity index (χ4n) is 3.72. The molecule has 0 spiro atoms. The summed E-state index contributed by atoms with van der Waals surface area (Å²) in [5.74, 6) is 0.168. The number of hydrogen-bond acceptors (Lipinski definition) is 6. The van der Waals surface area contributed by atoms with Gasteiger partial charge in [-0.2, -0.15) is 0 Å². The number of amides is 3. The van der Waals surface area contributed by atoms with Crippen molar-refractivity contribution < 1.29 is 23.9 Å². The molecule has 0 saturated carbocycles. The number of rotatable bonds is 9. The molecule has 1 aliphatic heterocycles. The molecule has 1 fully saturated rings. The van der Waals surface area contributed by atoms with Gasteiger partial charge in [0.15, 0.2) is 18.1 Å². The second kappa shape index (κ2) is 12.2. The first kappa shape index (κ1) is 27.3. The van der Waals surface area contributed by atoms with Crippen LogP contribution >= 0.6 is 23.4 Å². The molecule has 0 aromatic heterocycles. The highest BCUT2D eigenvalue weighted by molar-refractivity contribution is 8.18. The maximum atomic E-state index is 12.9. The maximum absolute atomic E-state index is 12.9. The van der Waals surface area contributed by atoms with Crippen LogP contribution in [-0.4, -0.2) is 35.2 Å². The van der Waals surface area contributed by atoms with Crippen molar-refractivity contribution in [2.45, 2.75) is 27.3 Å². The second-order valence-electron chi connectivity index (χ2n) is 8.67.